The van der Waals surface area contributed by atoms with Crippen LogP contribution in [0.25, 0.3) is 0 Å². The molecule has 0 aromatic heterocycles. The van der Waals surface area contributed by atoms with Crippen LogP contribution in [0.2, 0.25) is 6.04 Å². The van der Waals surface area contributed by atoms with Crippen LogP contribution in [0.1, 0.15) is 35.7 Å². The van der Waals surface area contributed by atoms with Crippen LogP contribution in [0.3, 0.4) is 0 Å². The quantitative estimate of drug-likeness (QED) is 0.329. The number of hydrogen-bond acceptors (Lipinski definition) is 6. The maximum absolute atomic E-state index is 12.9. The molecule has 1 heterocycles. The summed E-state index contributed by atoms with van der Waals surface area (Å²) in [6.07, 6.45) is 1.07. The van der Waals surface area contributed by atoms with E-state index in [1.165, 1.54) is 4.90 Å². The van der Waals surface area contributed by atoms with Gasteiger partial charge in [0.1, 0.15) is 0 Å². The van der Waals surface area contributed by atoms with Crippen molar-refractivity contribution in [3.8, 4) is 0 Å². The Labute approximate surface area is 222 Å². The Morgan fingerprint density at radius 3 is 2.26 bits per heavy atom. The minimum absolute atomic E-state index is 0. The average molecular weight is 493 g/mol. The van der Waals surface area contributed by atoms with Crippen molar-refractivity contribution in [2.75, 3.05) is 6.54 Å². The molecule has 2 aromatic carbocycles. The molecule has 2 aromatic rings. The van der Waals surface area contributed by atoms with E-state index in [0.29, 0.717) is 24.9 Å². The Hall–Kier alpha value is -2.01. The summed E-state index contributed by atoms with van der Waals surface area (Å²) >= 11 is 0. The normalized spacial score (nSPS) is 17.4. The zero-order chi connectivity index (χ0) is 24.0. The molecule has 1 aliphatic rings. The van der Waals surface area contributed by atoms with Crippen LogP contribution in [0, 0.1) is 5.92 Å². The molecule has 176 valence electrons. The monoisotopic (exact) mass is 492 g/mol. The van der Waals surface area contributed by atoms with Crippen molar-refractivity contribution in [2.24, 2.45) is 5.92 Å². The largest absolute Gasteiger partial charge is 1.00 e. The second-order valence-electron chi connectivity index (χ2n) is 8.57. The fourth-order valence-electron chi connectivity index (χ4n) is 4.25. The smallest absolute Gasteiger partial charge is 0.548 e. The van der Waals surface area contributed by atoms with Crippen molar-refractivity contribution in [3.05, 3.63) is 71.8 Å². The first-order chi connectivity index (χ1) is 15.7. The van der Waals surface area contributed by atoms with Crippen molar-refractivity contribution < 1.29 is 58.6 Å². The molecule has 10 heteroatoms. The number of aliphatic carboxylic acids is 1. The van der Waals surface area contributed by atoms with Crippen LogP contribution < -0.4 is 40.0 Å². The maximum atomic E-state index is 12.9. The first-order valence-electron chi connectivity index (χ1n) is 11.0. The zero-order valence-corrected chi connectivity index (χ0v) is 22.5. The SMILES string of the molecule is C[C@H](C[Si](O)(O)[C@H](Cc1ccccc1)NC(=O)c1ccccc1)C(=O)N1CCC[C@H]1C(=O)[O-].[Na+]. The molecular formula is C24H29N2NaO6Si. The number of nitrogens with zero attached hydrogens (tertiary/aromatic N) is 1. The van der Waals surface area contributed by atoms with Crippen molar-refractivity contribution in [3.63, 3.8) is 0 Å². The molecule has 3 N–H and O–H groups in total. The molecule has 0 bridgehead atoms. The number of hydrogen-bond donors (Lipinski definition) is 3. The number of carboxylic acid groups (broad SMARTS) is 1. The van der Waals surface area contributed by atoms with E-state index in [1.54, 1.807) is 37.3 Å². The Morgan fingerprint density at radius 1 is 1.09 bits per heavy atom. The van der Waals surface area contributed by atoms with Gasteiger partial charge in [-0.1, -0.05) is 55.5 Å². The molecule has 8 nitrogen and oxygen atoms in total. The Bertz CT molecular complexity index is 976. The number of rotatable bonds is 9. The first-order valence-corrected chi connectivity index (χ1v) is 13.2. The van der Waals surface area contributed by atoms with Crippen LogP contribution in [-0.2, 0) is 16.0 Å². The van der Waals surface area contributed by atoms with E-state index in [-0.39, 0.29) is 42.0 Å². The zero-order valence-electron chi connectivity index (χ0n) is 19.5. The van der Waals surface area contributed by atoms with Crippen molar-refractivity contribution in [1.82, 2.24) is 10.2 Å². The van der Waals surface area contributed by atoms with Gasteiger partial charge >= 0.3 is 38.1 Å². The molecule has 0 saturated carbocycles. The Morgan fingerprint density at radius 2 is 1.68 bits per heavy atom. The molecule has 1 aliphatic heterocycles. The number of likely N-dealkylation sites (tertiary alicyclic amines) is 1. The van der Waals surface area contributed by atoms with Crippen molar-refractivity contribution >= 4 is 26.3 Å². The molecule has 0 spiro atoms. The summed E-state index contributed by atoms with van der Waals surface area (Å²) in [6.45, 7) is 1.85. The molecule has 34 heavy (non-hydrogen) atoms. The van der Waals surface area contributed by atoms with Gasteiger partial charge in [-0.3, -0.25) is 9.59 Å². The minimum Gasteiger partial charge on any atom is -0.548 e. The predicted molar refractivity (Wildman–Crippen MR) is 122 cm³/mol. The molecule has 3 rings (SSSR count). The van der Waals surface area contributed by atoms with Gasteiger partial charge in [0.15, 0.2) is 0 Å². The van der Waals surface area contributed by atoms with Gasteiger partial charge in [0.25, 0.3) is 5.91 Å². The summed E-state index contributed by atoms with van der Waals surface area (Å²) < 4.78 is 0. The summed E-state index contributed by atoms with van der Waals surface area (Å²) in [5.41, 5.74) is 0.225. The van der Waals surface area contributed by atoms with Crippen LogP contribution in [-0.4, -0.2) is 59.1 Å². The van der Waals surface area contributed by atoms with Gasteiger partial charge in [-0.05, 0) is 37.0 Å². The third-order valence-corrected chi connectivity index (χ3v) is 8.70. The predicted octanol–water partition coefficient (Wildman–Crippen LogP) is -2.63. The van der Waals surface area contributed by atoms with Gasteiger partial charge in [0.05, 0.1) is 17.7 Å². The second kappa shape index (κ2) is 12.6. The third kappa shape index (κ3) is 7.24. The number of carboxylic acids is 1. The van der Waals surface area contributed by atoms with Crippen LogP contribution >= 0.6 is 0 Å². The number of benzene rings is 2. The van der Waals surface area contributed by atoms with E-state index in [0.717, 1.165) is 5.56 Å². The van der Waals surface area contributed by atoms with Gasteiger partial charge in [-0.15, -0.1) is 0 Å². The second-order valence-corrected chi connectivity index (χ2v) is 11.4. The van der Waals surface area contributed by atoms with E-state index in [9.17, 15) is 29.1 Å². The van der Waals surface area contributed by atoms with Crippen LogP contribution in [0.5, 0.6) is 0 Å². The summed E-state index contributed by atoms with van der Waals surface area (Å²) in [4.78, 5) is 60.6. The number of carbonyl (C=O) groups excluding carboxylic acids is 3. The van der Waals surface area contributed by atoms with Gasteiger partial charge in [0, 0.05) is 24.1 Å². The maximum Gasteiger partial charge on any atom is 1.00 e. The van der Waals surface area contributed by atoms with E-state index in [1.807, 2.05) is 30.3 Å². The summed E-state index contributed by atoms with van der Waals surface area (Å²) in [7, 11) is -4.18. The van der Waals surface area contributed by atoms with Gasteiger partial charge in [0.2, 0.25) is 5.91 Å². The first kappa shape index (κ1) is 28.2. The number of amides is 2. The standard InChI is InChI=1S/C24H30N2O6Si.Na/c1-17(23(28)26-14-8-13-20(26)24(29)30)16-33(31,32)21(15-18-9-4-2-5-10-18)25-22(27)19-11-6-3-7-12-19;/h2-7,9-12,17,20-21,31-32H,8,13-16H2,1H3,(H,25,27)(H,29,30);/q;+1/p-1/t17-,20+,21-;/m1./s1. The average Bonchev–Trinajstić information content (AvgIpc) is 3.29. The van der Waals surface area contributed by atoms with Crippen LogP contribution in [0.4, 0.5) is 0 Å². The van der Waals surface area contributed by atoms with E-state index >= 15 is 0 Å². The number of nitrogens with one attached hydrogen (secondary N) is 1. The van der Waals surface area contributed by atoms with Gasteiger partial charge in [-0.2, -0.15) is 0 Å². The molecular weight excluding hydrogens is 463 g/mol. The van der Waals surface area contributed by atoms with Gasteiger partial charge in [-0.25, -0.2) is 0 Å². The van der Waals surface area contributed by atoms with E-state index in [2.05, 4.69) is 5.32 Å². The molecule has 0 unspecified atom stereocenters. The third-order valence-electron chi connectivity index (χ3n) is 6.02. The van der Waals surface area contributed by atoms with Crippen molar-refractivity contribution in [1.29, 1.82) is 0 Å². The van der Waals surface area contributed by atoms with E-state index in [4.69, 9.17) is 0 Å². The Balaban J connectivity index is 0.00000408. The minimum atomic E-state index is -4.18. The van der Waals surface area contributed by atoms with E-state index < -0.39 is 44.0 Å². The topological polar surface area (TPSA) is 130 Å². The Kier molecular flexibility index (Phi) is 10.5. The fraction of sp³-hybridized carbons (Fsp3) is 0.375. The molecule has 0 radical (unpaired) electrons. The molecule has 1 saturated heterocycles. The molecule has 1 fully saturated rings. The molecule has 3 atom stereocenters. The van der Waals surface area contributed by atoms with Crippen LogP contribution in [0.15, 0.2) is 60.7 Å². The summed E-state index contributed by atoms with van der Waals surface area (Å²) in [5, 5.41) is 14.1. The fourth-order valence-corrected chi connectivity index (χ4v) is 6.54. The van der Waals surface area contributed by atoms with Crippen molar-refractivity contribution in [2.45, 2.75) is 43.9 Å². The summed E-state index contributed by atoms with van der Waals surface area (Å²) in [5.74, 6) is -3.01. The van der Waals surface area contributed by atoms with Gasteiger partial charge < -0.3 is 29.7 Å². The molecule has 0 aliphatic carbocycles. The number of carbonyl (C=O) groups is 3. The summed E-state index contributed by atoms with van der Waals surface area (Å²) in [6, 6.07) is 16.4. The molecule has 2 amide bonds.